The molecule has 76 valence electrons. The topological polar surface area (TPSA) is 49.8 Å². The Morgan fingerprint density at radius 1 is 1.54 bits per heavy atom. The lowest BCUT2D eigenvalue weighted by Gasteiger charge is -2.41. The fourth-order valence-corrected chi connectivity index (χ4v) is 1.55. The van der Waals surface area contributed by atoms with Crippen molar-refractivity contribution in [3.8, 4) is 0 Å². The van der Waals surface area contributed by atoms with Gasteiger partial charge < -0.3 is 14.7 Å². The predicted octanol–water partition coefficient (Wildman–Crippen LogP) is 0.702. The average molecular weight is 187 g/mol. The van der Waals surface area contributed by atoms with E-state index >= 15 is 0 Å². The molecule has 1 aliphatic rings. The molecule has 0 aromatic carbocycles. The minimum atomic E-state index is -0.305. The molecule has 0 aromatic heterocycles. The monoisotopic (exact) mass is 187 g/mol. The van der Waals surface area contributed by atoms with Crippen LogP contribution in [0.2, 0.25) is 0 Å². The van der Waals surface area contributed by atoms with E-state index in [-0.39, 0.29) is 24.0 Å². The minimum absolute atomic E-state index is 0.221. The fraction of sp³-hybridized carbons (Fsp3) is 0.889. The molecule has 1 atom stereocenters. The van der Waals surface area contributed by atoms with Crippen LogP contribution in [0.3, 0.4) is 0 Å². The Bertz CT molecular complexity index is 187. The van der Waals surface area contributed by atoms with Gasteiger partial charge in [0.25, 0.3) is 0 Å². The summed E-state index contributed by atoms with van der Waals surface area (Å²) < 4.78 is 4.55. The number of hydrogen-bond acceptors (Lipinski definition) is 3. The van der Waals surface area contributed by atoms with Gasteiger partial charge in [-0.3, -0.25) is 0 Å². The first-order valence-corrected chi connectivity index (χ1v) is 4.57. The molecule has 1 amide bonds. The highest BCUT2D eigenvalue weighted by Gasteiger charge is 2.36. The summed E-state index contributed by atoms with van der Waals surface area (Å²) in [4.78, 5) is 12.5. The zero-order chi connectivity index (χ0) is 10.0. The molecule has 0 radical (unpaired) electrons. The number of aliphatic hydroxyl groups excluding tert-OH is 1. The number of carbonyl (C=O) groups excluding carboxylic acids is 1. The number of ether oxygens (including phenoxy) is 1. The summed E-state index contributed by atoms with van der Waals surface area (Å²) in [5.74, 6) is 0.476. The van der Waals surface area contributed by atoms with Gasteiger partial charge >= 0.3 is 6.09 Å². The van der Waals surface area contributed by atoms with Gasteiger partial charge in [-0.2, -0.15) is 0 Å². The van der Waals surface area contributed by atoms with Crippen LogP contribution in [-0.4, -0.2) is 42.4 Å². The van der Waals surface area contributed by atoms with Gasteiger partial charge in [0.1, 0.15) is 0 Å². The van der Waals surface area contributed by atoms with Crippen molar-refractivity contribution >= 4 is 6.09 Å². The van der Waals surface area contributed by atoms with Gasteiger partial charge in [0.15, 0.2) is 0 Å². The first-order valence-electron chi connectivity index (χ1n) is 4.57. The van der Waals surface area contributed by atoms with Gasteiger partial charge in [-0.05, 0) is 5.92 Å². The van der Waals surface area contributed by atoms with E-state index in [2.05, 4.69) is 4.74 Å². The van der Waals surface area contributed by atoms with Gasteiger partial charge in [-0.1, -0.05) is 13.8 Å². The van der Waals surface area contributed by atoms with E-state index in [0.29, 0.717) is 13.1 Å². The van der Waals surface area contributed by atoms with Crippen molar-refractivity contribution in [3.05, 3.63) is 0 Å². The lowest BCUT2D eigenvalue weighted by atomic mass is 9.87. The molecular weight excluding hydrogens is 170 g/mol. The number of aliphatic hydroxyl groups is 1. The van der Waals surface area contributed by atoms with Gasteiger partial charge in [0, 0.05) is 19.0 Å². The maximum atomic E-state index is 11.0. The van der Waals surface area contributed by atoms with Gasteiger partial charge in [0.05, 0.1) is 13.2 Å². The van der Waals surface area contributed by atoms with E-state index in [0.717, 1.165) is 0 Å². The third-order valence-electron chi connectivity index (χ3n) is 2.51. The molecule has 1 aliphatic heterocycles. The van der Waals surface area contributed by atoms with Gasteiger partial charge in [0.2, 0.25) is 0 Å². The van der Waals surface area contributed by atoms with Crippen LogP contribution in [0.4, 0.5) is 4.79 Å². The summed E-state index contributed by atoms with van der Waals surface area (Å²) in [6.45, 7) is 5.19. The van der Waals surface area contributed by atoms with Crippen molar-refractivity contribution in [2.45, 2.75) is 20.0 Å². The lowest BCUT2D eigenvalue weighted by molar-refractivity contribution is -0.0211. The Balaban J connectivity index is 2.29. The second kappa shape index (κ2) is 3.96. The van der Waals surface area contributed by atoms with E-state index < -0.39 is 0 Å². The maximum Gasteiger partial charge on any atom is 0.409 e. The Morgan fingerprint density at radius 2 is 2.08 bits per heavy atom. The summed E-state index contributed by atoms with van der Waals surface area (Å²) in [5, 5.41) is 9.64. The molecule has 13 heavy (non-hydrogen) atoms. The zero-order valence-corrected chi connectivity index (χ0v) is 8.36. The summed E-state index contributed by atoms with van der Waals surface area (Å²) in [7, 11) is 1.37. The normalized spacial score (nSPS) is 19.9. The fourth-order valence-electron chi connectivity index (χ4n) is 1.55. The molecule has 0 aromatic rings. The van der Waals surface area contributed by atoms with Crippen molar-refractivity contribution in [1.82, 2.24) is 4.90 Å². The second-order valence-corrected chi connectivity index (χ2v) is 3.87. The first kappa shape index (κ1) is 10.3. The van der Waals surface area contributed by atoms with Crippen LogP contribution in [0.15, 0.2) is 0 Å². The van der Waals surface area contributed by atoms with Crippen molar-refractivity contribution in [1.29, 1.82) is 0 Å². The van der Waals surface area contributed by atoms with E-state index in [1.165, 1.54) is 7.11 Å². The molecule has 1 rings (SSSR count). The highest BCUT2D eigenvalue weighted by atomic mass is 16.5. The smallest absolute Gasteiger partial charge is 0.409 e. The van der Waals surface area contributed by atoms with Crippen LogP contribution in [0.1, 0.15) is 13.8 Å². The number of likely N-dealkylation sites (tertiary alicyclic amines) is 1. The van der Waals surface area contributed by atoms with Gasteiger partial charge in [-0.15, -0.1) is 0 Å². The van der Waals surface area contributed by atoms with E-state index in [4.69, 9.17) is 0 Å². The van der Waals surface area contributed by atoms with Crippen LogP contribution in [-0.2, 0) is 4.74 Å². The standard InChI is InChI=1S/C9H17NO3/c1-6(2)8(11)7-4-10(5-7)9(12)13-3/h6-8,11H,4-5H2,1-3H3. The minimum Gasteiger partial charge on any atom is -0.453 e. The summed E-state index contributed by atoms with van der Waals surface area (Å²) in [6, 6.07) is 0. The highest BCUT2D eigenvalue weighted by molar-refractivity contribution is 5.68. The highest BCUT2D eigenvalue weighted by Crippen LogP contribution is 2.23. The predicted molar refractivity (Wildman–Crippen MR) is 48.3 cm³/mol. The van der Waals surface area contributed by atoms with E-state index in [1.54, 1.807) is 4.90 Å². The summed E-state index contributed by atoms with van der Waals surface area (Å²) in [6.07, 6.45) is -0.604. The van der Waals surface area contributed by atoms with E-state index in [9.17, 15) is 9.90 Å². The zero-order valence-electron chi connectivity index (χ0n) is 8.36. The van der Waals surface area contributed by atoms with E-state index in [1.807, 2.05) is 13.8 Å². The quantitative estimate of drug-likeness (QED) is 0.692. The molecule has 0 spiro atoms. The molecule has 4 nitrogen and oxygen atoms in total. The molecular formula is C9H17NO3. The molecule has 1 N–H and O–H groups in total. The van der Waals surface area contributed by atoms with Crippen molar-refractivity contribution < 1.29 is 14.6 Å². The van der Waals surface area contributed by atoms with Crippen molar-refractivity contribution in [3.63, 3.8) is 0 Å². The van der Waals surface area contributed by atoms with Crippen LogP contribution < -0.4 is 0 Å². The largest absolute Gasteiger partial charge is 0.453 e. The number of rotatable bonds is 2. The first-order chi connectivity index (χ1) is 6.06. The number of nitrogens with zero attached hydrogens (tertiary/aromatic N) is 1. The number of hydrogen-bond donors (Lipinski definition) is 1. The maximum absolute atomic E-state index is 11.0. The Morgan fingerprint density at radius 3 is 2.46 bits per heavy atom. The molecule has 1 heterocycles. The average Bonchev–Trinajstić information content (AvgIpc) is 2.00. The third-order valence-corrected chi connectivity index (χ3v) is 2.51. The second-order valence-electron chi connectivity index (χ2n) is 3.87. The SMILES string of the molecule is COC(=O)N1CC(C(O)C(C)C)C1. The number of methoxy groups -OCH3 is 1. The summed E-state index contributed by atoms with van der Waals surface area (Å²) >= 11 is 0. The van der Waals surface area contributed by atoms with Crippen LogP contribution in [0.25, 0.3) is 0 Å². The van der Waals surface area contributed by atoms with Crippen LogP contribution in [0.5, 0.6) is 0 Å². The van der Waals surface area contributed by atoms with Crippen LogP contribution in [0, 0.1) is 11.8 Å². The third kappa shape index (κ3) is 2.12. The molecule has 1 fully saturated rings. The number of amides is 1. The van der Waals surface area contributed by atoms with Crippen molar-refractivity contribution in [2.75, 3.05) is 20.2 Å². The molecule has 4 heteroatoms. The van der Waals surface area contributed by atoms with Crippen molar-refractivity contribution in [2.24, 2.45) is 11.8 Å². The number of carbonyl (C=O) groups is 1. The Hall–Kier alpha value is -0.770. The molecule has 0 saturated carbocycles. The molecule has 0 bridgehead atoms. The molecule has 1 unspecified atom stereocenters. The molecule has 1 saturated heterocycles. The van der Waals surface area contributed by atoms with Gasteiger partial charge in [-0.25, -0.2) is 4.79 Å². The lowest BCUT2D eigenvalue weighted by Crippen LogP contribution is -2.55. The summed E-state index contributed by atoms with van der Waals surface area (Å²) in [5.41, 5.74) is 0. The Kier molecular flexibility index (Phi) is 3.14. The molecule has 0 aliphatic carbocycles. The van der Waals surface area contributed by atoms with Crippen LogP contribution >= 0.6 is 0 Å². The Labute approximate surface area is 78.5 Å².